The summed E-state index contributed by atoms with van der Waals surface area (Å²) in [4.78, 5) is 51.5. The van der Waals surface area contributed by atoms with Crippen molar-refractivity contribution in [1.29, 1.82) is 0 Å². The zero-order valence-corrected chi connectivity index (χ0v) is 20.6. The summed E-state index contributed by atoms with van der Waals surface area (Å²) >= 11 is 0. The average molecular weight is 474 g/mol. The maximum Gasteiger partial charge on any atom is 0.274 e. The first-order chi connectivity index (χ1) is 16.0. The van der Waals surface area contributed by atoms with Crippen LogP contribution in [0.5, 0.6) is 0 Å². The molecule has 1 heterocycles. The number of ketones is 2. The van der Waals surface area contributed by atoms with E-state index in [1.54, 1.807) is 6.92 Å². The monoisotopic (exact) mass is 473 g/mol. The average Bonchev–Trinajstić information content (AvgIpc) is 3.37. The van der Waals surface area contributed by atoms with Gasteiger partial charge in [0.05, 0.1) is 18.6 Å². The summed E-state index contributed by atoms with van der Waals surface area (Å²) in [5, 5.41) is 9.06. The van der Waals surface area contributed by atoms with Crippen LogP contribution in [0, 0.1) is 36.5 Å². The molecule has 1 aliphatic rings. The van der Waals surface area contributed by atoms with Crippen LogP contribution in [0.3, 0.4) is 0 Å². The standard InChI is InChI=1S/C25H35N3O6/c1-7-8-17(23(31)26-18(11-15(2)3)22(30)25(5)9-10-25)13-21(29)20(14-33-6)27-24(32)19-12-16(4)34-28-19/h1,12,15,17-18,20H,8-11,13-14H2,2-6H3,(H,26,31)(H,27,32)/t17-,18+,20+/m1/s1. The van der Waals surface area contributed by atoms with Crippen LogP contribution < -0.4 is 10.6 Å². The van der Waals surface area contributed by atoms with Crippen molar-refractivity contribution < 1.29 is 28.4 Å². The molecule has 186 valence electrons. The number of methoxy groups -OCH3 is 1. The number of aryl methyl sites for hydroxylation is 1. The molecule has 1 aromatic rings. The number of amides is 2. The first kappa shape index (κ1) is 27.3. The molecule has 0 spiro atoms. The van der Waals surface area contributed by atoms with Gasteiger partial charge in [0.25, 0.3) is 5.91 Å². The van der Waals surface area contributed by atoms with Gasteiger partial charge in [-0.3, -0.25) is 19.2 Å². The Hall–Kier alpha value is -2.99. The lowest BCUT2D eigenvalue weighted by atomic mass is 9.89. The Bertz CT molecular complexity index is 941. The fourth-order valence-electron chi connectivity index (χ4n) is 3.72. The zero-order chi connectivity index (χ0) is 25.5. The maximum absolute atomic E-state index is 13.1. The number of carbonyl (C=O) groups excluding carboxylic acids is 4. The molecule has 0 radical (unpaired) electrons. The summed E-state index contributed by atoms with van der Waals surface area (Å²) in [5.74, 6) is 0.838. The number of hydrogen-bond donors (Lipinski definition) is 2. The molecular weight excluding hydrogens is 438 g/mol. The van der Waals surface area contributed by atoms with Crippen LogP contribution in [-0.4, -0.2) is 54.3 Å². The number of terminal acetylenes is 1. The smallest absolute Gasteiger partial charge is 0.274 e. The van der Waals surface area contributed by atoms with Crippen LogP contribution in [-0.2, 0) is 19.1 Å². The predicted molar refractivity (Wildman–Crippen MR) is 125 cm³/mol. The van der Waals surface area contributed by atoms with Crippen LogP contribution >= 0.6 is 0 Å². The highest BCUT2D eigenvalue weighted by Crippen LogP contribution is 2.47. The first-order valence-corrected chi connectivity index (χ1v) is 11.5. The molecule has 0 saturated heterocycles. The molecule has 0 aliphatic heterocycles. The van der Waals surface area contributed by atoms with Crippen molar-refractivity contribution in [2.24, 2.45) is 17.3 Å². The maximum atomic E-state index is 13.1. The van der Waals surface area contributed by atoms with E-state index in [-0.39, 0.29) is 36.8 Å². The van der Waals surface area contributed by atoms with Crippen LogP contribution in [0.2, 0.25) is 0 Å². The van der Waals surface area contributed by atoms with Gasteiger partial charge in [-0.2, -0.15) is 0 Å². The highest BCUT2D eigenvalue weighted by atomic mass is 16.5. The van der Waals surface area contributed by atoms with Gasteiger partial charge in [-0.05, 0) is 32.1 Å². The Morgan fingerprint density at radius 1 is 1.24 bits per heavy atom. The number of rotatable bonds is 14. The van der Waals surface area contributed by atoms with E-state index in [9.17, 15) is 19.2 Å². The number of Topliss-reactive ketones (excluding diaryl/α,β-unsaturated/α-hetero) is 2. The Morgan fingerprint density at radius 3 is 2.41 bits per heavy atom. The summed E-state index contributed by atoms with van der Waals surface area (Å²) in [6.07, 6.45) is 7.41. The van der Waals surface area contributed by atoms with Gasteiger partial charge in [0.15, 0.2) is 17.3 Å². The van der Waals surface area contributed by atoms with Crippen molar-refractivity contribution in [3.8, 4) is 12.3 Å². The number of ether oxygens (including phenoxy) is 1. The summed E-state index contributed by atoms with van der Waals surface area (Å²) in [7, 11) is 1.40. The van der Waals surface area contributed by atoms with E-state index in [4.69, 9.17) is 15.7 Å². The fraction of sp³-hybridized carbons (Fsp3) is 0.640. The normalized spacial score (nSPS) is 16.7. The second kappa shape index (κ2) is 11.9. The Morgan fingerprint density at radius 2 is 1.91 bits per heavy atom. The van der Waals surface area contributed by atoms with Crippen LogP contribution in [0.1, 0.15) is 69.1 Å². The Labute approximate surface area is 200 Å². The van der Waals surface area contributed by atoms with Crippen molar-refractivity contribution in [2.75, 3.05) is 13.7 Å². The highest BCUT2D eigenvalue weighted by Gasteiger charge is 2.48. The number of hydrogen-bond acceptors (Lipinski definition) is 7. The van der Waals surface area contributed by atoms with E-state index in [0.29, 0.717) is 12.2 Å². The molecule has 9 nitrogen and oxygen atoms in total. The molecule has 1 fully saturated rings. The number of nitrogens with one attached hydrogen (secondary N) is 2. The third kappa shape index (κ3) is 7.52. The lowest BCUT2D eigenvalue weighted by Gasteiger charge is -2.25. The lowest BCUT2D eigenvalue weighted by Crippen LogP contribution is -2.48. The van der Waals surface area contributed by atoms with Crippen LogP contribution in [0.15, 0.2) is 10.6 Å². The minimum absolute atomic E-state index is 0.0211. The van der Waals surface area contributed by atoms with Gasteiger partial charge >= 0.3 is 0 Å². The van der Waals surface area contributed by atoms with Gasteiger partial charge in [-0.25, -0.2) is 0 Å². The molecule has 0 unspecified atom stereocenters. The SMILES string of the molecule is C#CC[C@H](CC(=O)[C@H](COC)NC(=O)c1cc(C)on1)C(=O)N[C@@H](CC(C)C)C(=O)C1(C)CC1. The van der Waals surface area contributed by atoms with Gasteiger partial charge < -0.3 is 19.9 Å². The van der Waals surface area contributed by atoms with Gasteiger partial charge in [-0.15, -0.1) is 12.3 Å². The van der Waals surface area contributed by atoms with E-state index >= 15 is 0 Å². The molecular formula is C25H35N3O6. The van der Waals surface area contributed by atoms with E-state index in [1.165, 1.54) is 13.2 Å². The molecule has 3 atom stereocenters. The molecule has 2 rings (SSSR count). The molecule has 0 aromatic carbocycles. The molecule has 1 saturated carbocycles. The van der Waals surface area contributed by atoms with E-state index in [0.717, 1.165) is 12.8 Å². The van der Waals surface area contributed by atoms with Crippen molar-refractivity contribution in [3.05, 3.63) is 17.5 Å². The van der Waals surface area contributed by atoms with Crippen LogP contribution in [0.4, 0.5) is 0 Å². The summed E-state index contributed by atoms with van der Waals surface area (Å²) in [6, 6.07) is -0.175. The second-order valence-electron chi connectivity index (χ2n) is 9.70. The topological polar surface area (TPSA) is 128 Å². The summed E-state index contributed by atoms with van der Waals surface area (Å²) in [5.41, 5.74) is -0.356. The van der Waals surface area contributed by atoms with Gasteiger partial charge in [0.2, 0.25) is 5.91 Å². The summed E-state index contributed by atoms with van der Waals surface area (Å²) in [6.45, 7) is 7.44. The Balaban J connectivity index is 2.09. The highest BCUT2D eigenvalue weighted by molar-refractivity contribution is 5.98. The fourth-order valence-corrected chi connectivity index (χ4v) is 3.72. The number of carbonyl (C=O) groups is 4. The quantitative estimate of drug-likeness (QED) is 0.397. The second-order valence-corrected chi connectivity index (χ2v) is 9.70. The number of nitrogens with zero attached hydrogens (tertiary/aromatic N) is 1. The lowest BCUT2D eigenvalue weighted by molar-refractivity contribution is -0.134. The van der Waals surface area contributed by atoms with E-state index in [2.05, 4.69) is 21.7 Å². The first-order valence-electron chi connectivity index (χ1n) is 11.5. The molecule has 34 heavy (non-hydrogen) atoms. The molecule has 2 amide bonds. The minimum atomic E-state index is -0.999. The summed E-state index contributed by atoms with van der Waals surface area (Å²) < 4.78 is 9.99. The molecule has 1 aromatic heterocycles. The molecule has 2 N–H and O–H groups in total. The third-order valence-electron chi connectivity index (χ3n) is 6.01. The van der Waals surface area contributed by atoms with Gasteiger partial charge in [0, 0.05) is 31.4 Å². The Kier molecular flexibility index (Phi) is 9.56. The van der Waals surface area contributed by atoms with Crippen LogP contribution in [0.25, 0.3) is 0 Å². The minimum Gasteiger partial charge on any atom is -0.382 e. The third-order valence-corrected chi connectivity index (χ3v) is 6.01. The van der Waals surface area contributed by atoms with Crippen molar-refractivity contribution in [1.82, 2.24) is 15.8 Å². The molecule has 9 heteroatoms. The van der Waals surface area contributed by atoms with E-state index < -0.39 is 41.0 Å². The van der Waals surface area contributed by atoms with E-state index in [1.807, 2.05) is 20.8 Å². The molecule has 0 bridgehead atoms. The van der Waals surface area contributed by atoms with Gasteiger partial charge in [-0.1, -0.05) is 25.9 Å². The van der Waals surface area contributed by atoms with Gasteiger partial charge in [0.1, 0.15) is 11.8 Å². The van der Waals surface area contributed by atoms with Crippen molar-refractivity contribution >= 4 is 23.4 Å². The van der Waals surface area contributed by atoms with Crippen molar-refractivity contribution in [3.63, 3.8) is 0 Å². The molecule has 1 aliphatic carbocycles. The van der Waals surface area contributed by atoms with Crippen molar-refractivity contribution in [2.45, 2.75) is 71.9 Å². The number of aromatic nitrogens is 1. The predicted octanol–water partition coefficient (Wildman–Crippen LogP) is 2.23. The largest absolute Gasteiger partial charge is 0.382 e. The zero-order valence-electron chi connectivity index (χ0n) is 20.6.